The maximum atomic E-state index is 13.1. The molecule has 2 heterocycles. The number of aromatic hydroxyl groups is 2. The van der Waals surface area contributed by atoms with E-state index in [1.165, 1.54) is 0 Å². The Morgan fingerprint density at radius 2 is 1.58 bits per heavy atom. The first-order valence-electron chi connectivity index (χ1n) is 11.4. The third kappa shape index (κ3) is 3.36. The lowest BCUT2D eigenvalue weighted by atomic mass is 9.93. The largest absolute Gasteiger partial charge is 0.508 e. The first-order chi connectivity index (χ1) is 17.4. The van der Waals surface area contributed by atoms with E-state index in [4.69, 9.17) is 11.6 Å². The maximum absolute atomic E-state index is 13.1. The summed E-state index contributed by atoms with van der Waals surface area (Å²) in [5, 5.41) is 27.8. The van der Waals surface area contributed by atoms with Gasteiger partial charge in [-0.3, -0.25) is 14.9 Å². The van der Waals surface area contributed by atoms with Crippen LogP contribution in [-0.4, -0.2) is 33.1 Å². The molecule has 0 radical (unpaired) electrons. The van der Waals surface area contributed by atoms with Crippen molar-refractivity contribution in [3.05, 3.63) is 88.9 Å². The van der Waals surface area contributed by atoms with E-state index in [0.717, 1.165) is 11.0 Å². The number of fused-ring (bicyclic) bond motifs is 5. The van der Waals surface area contributed by atoms with Gasteiger partial charge in [-0.15, -0.1) is 0 Å². The van der Waals surface area contributed by atoms with E-state index in [0.29, 0.717) is 45.7 Å². The number of hydrogen-bond donors (Lipinski definition) is 4. The molecule has 4 N–H and O–H groups in total. The lowest BCUT2D eigenvalue weighted by Gasteiger charge is -2.13. The Balaban J connectivity index is 1.60. The molecule has 2 amide bonds. The van der Waals surface area contributed by atoms with Crippen LogP contribution in [0.4, 0.5) is 5.69 Å². The number of halogens is 1. The minimum atomic E-state index is -0.483. The number of rotatable bonds is 5. The number of nitrogens with zero attached hydrogens (tertiary/aromatic N) is 1. The van der Waals surface area contributed by atoms with Gasteiger partial charge >= 0.3 is 0 Å². The van der Waals surface area contributed by atoms with E-state index in [1.54, 1.807) is 48.5 Å². The number of anilines is 1. The number of carbonyl (C=O) groups is 2. The summed E-state index contributed by atoms with van der Waals surface area (Å²) in [6, 6.07) is 21.1. The fourth-order valence-electron chi connectivity index (χ4n) is 4.99. The van der Waals surface area contributed by atoms with Crippen LogP contribution in [0.2, 0.25) is 5.02 Å². The van der Waals surface area contributed by atoms with Gasteiger partial charge in [0, 0.05) is 40.0 Å². The van der Waals surface area contributed by atoms with Crippen LogP contribution in [0.3, 0.4) is 0 Å². The molecule has 4 aromatic carbocycles. The van der Waals surface area contributed by atoms with Crippen LogP contribution < -0.4 is 10.6 Å². The van der Waals surface area contributed by atoms with Gasteiger partial charge in [-0.05, 0) is 48.0 Å². The first-order valence-corrected chi connectivity index (χ1v) is 11.8. The number of carbonyl (C=O) groups excluding carboxylic acids is 2. The number of para-hydroxylation sites is 2. The Morgan fingerprint density at radius 3 is 2.39 bits per heavy atom. The standard InChI is InChI=1S/C28H20ClN3O4/c29-19-6-2-1-5-16(19)17-14-22-24(26-25(17)27(35)31-28(26)36)18-13-15(33)9-10-21(18)32(22)12-11-30-20-7-3-4-8-23(20)34/h1-10,13-14,30,33-34H,11-12H2,(H,31,35,36). The Labute approximate surface area is 210 Å². The van der Waals surface area contributed by atoms with Crippen LogP contribution in [0, 0.1) is 0 Å². The molecule has 0 unspecified atom stereocenters. The molecule has 6 rings (SSSR count). The van der Waals surface area contributed by atoms with Gasteiger partial charge in [0.25, 0.3) is 11.8 Å². The number of nitrogens with one attached hydrogen (secondary N) is 2. The minimum Gasteiger partial charge on any atom is -0.508 e. The molecule has 7 nitrogen and oxygen atoms in total. The molecule has 0 saturated heterocycles. The lowest BCUT2D eigenvalue weighted by molar-refractivity contribution is 0.0880. The van der Waals surface area contributed by atoms with Gasteiger partial charge in [0.15, 0.2) is 0 Å². The maximum Gasteiger partial charge on any atom is 0.259 e. The van der Waals surface area contributed by atoms with Crippen LogP contribution in [0.25, 0.3) is 32.9 Å². The zero-order chi connectivity index (χ0) is 25.0. The van der Waals surface area contributed by atoms with E-state index < -0.39 is 11.8 Å². The van der Waals surface area contributed by atoms with E-state index in [-0.39, 0.29) is 22.6 Å². The van der Waals surface area contributed by atoms with Crippen LogP contribution >= 0.6 is 11.6 Å². The molecule has 1 aliphatic heterocycles. The van der Waals surface area contributed by atoms with Crippen molar-refractivity contribution in [2.24, 2.45) is 0 Å². The summed E-state index contributed by atoms with van der Waals surface area (Å²) in [4.78, 5) is 26.0. The van der Waals surface area contributed by atoms with Crippen molar-refractivity contribution in [1.82, 2.24) is 9.88 Å². The highest BCUT2D eigenvalue weighted by atomic mass is 35.5. The SMILES string of the molecule is O=C1NC(=O)c2c1c(-c1ccccc1Cl)cc1c2c2cc(O)ccc2n1CCNc1ccccc1O. The Morgan fingerprint density at radius 1 is 0.833 bits per heavy atom. The number of hydrogen-bond acceptors (Lipinski definition) is 5. The first kappa shape index (κ1) is 22.0. The average molecular weight is 498 g/mol. The number of phenolic OH excluding ortho intramolecular Hbond substituents is 2. The second-order valence-corrected chi connectivity index (χ2v) is 9.04. The van der Waals surface area contributed by atoms with Crippen molar-refractivity contribution in [3.8, 4) is 22.6 Å². The molecular formula is C28H20ClN3O4. The summed E-state index contributed by atoms with van der Waals surface area (Å²) in [5.74, 6) is -0.751. The molecule has 0 aliphatic carbocycles. The second kappa shape index (κ2) is 8.32. The number of benzene rings is 4. The fourth-order valence-corrected chi connectivity index (χ4v) is 5.23. The van der Waals surface area contributed by atoms with Crippen LogP contribution in [0.15, 0.2) is 72.8 Å². The van der Waals surface area contributed by atoms with Crippen molar-refractivity contribution in [3.63, 3.8) is 0 Å². The molecule has 178 valence electrons. The Bertz CT molecular complexity index is 1720. The lowest BCUT2D eigenvalue weighted by Crippen LogP contribution is -2.20. The quantitative estimate of drug-likeness (QED) is 0.189. The molecule has 36 heavy (non-hydrogen) atoms. The highest BCUT2D eigenvalue weighted by Crippen LogP contribution is 2.42. The van der Waals surface area contributed by atoms with Crippen molar-refractivity contribution in [2.75, 3.05) is 11.9 Å². The summed E-state index contributed by atoms with van der Waals surface area (Å²) in [6.45, 7) is 0.955. The zero-order valence-corrected chi connectivity index (χ0v) is 19.6. The fraction of sp³-hybridized carbons (Fsp3) is 0.0714. The molecule has 5 aromatic rings. The Kier molecular flexibility index (Phi) is 5.09. The highest BCUT2D eigenvalue weighted by Gasteiger charge is 2.35. The number of aromatic nitrogens is 1. The minimum absolute atomic E-state index is 0.0579. The predicted molar refractivity (Wildman–Crippen MR) is 140 cm³/mol. The van der Waals surface area contributed by atoms with Gasteiger partial charge in [0.1, 0.15) is 11.5 Å². The third-order valence-electron chi connectivity index (χ3n) is 6.54. The molecule has 0 atom stereocenters. The van der Waals surface area contributed by atoms with Crippen molar-refractivity contribution >= 4 is 50.9 Å². The van der Waals surface area contributed by atoms with Gasteiger partial charge in [-0.25, -0.2) is 0 Å². The molecule has 0 bridgehead atoms. The van der Waals surface area contributed by atoms with Crippen LogP contribution in [0.5, 0.6) is 11.5 Å². The topological polar surface area (TPSA) is 104 Å². The molecule has 0 saturated carbocycles. The molecule has 1 aromatic heterocycles. The summed E-state index contributed by atoms with van der Waals surface area (Å²) in [6.07, 6.45) is 0. The summed E-state index contributed by atoms with van der Waals surface area (Å²) in [5.41, 5.74) is 3.90. The van der Waals surface area contributed by atoms with E-state index in [9.17, 15) is 19.8 Å². The summed E-state index contributed by atoms with van der Waals surface area (Å²) >= 11 is 6.51. The van der Waals surface area contributed by atoms with E-state index >= 15 is 0 Å². The average Bonchev–Trinajstić information content (AvgIpc) is 3.33. The highest BCUT2D eigenvalue weighted by molar-refractivity contribution is 6.36. The van der Waals surface area contributed by atoms with Crippen molar-refractivity contribution in [1.29, 1.82) is 0 Å². The predicted octanol–water partition coefficient (Wildman–Crippen LogP) is 5.52. The van der Waals surface area contributed by atoms with Crippen molar-refractivity contribution < 1.29 is 19.8 Å². The summed E-state index contributed by atoms with van der Waals surface area (Å²) < 4.78 is 2.04. The third-order valence-corrected chi connectivity index (χ3v) is 6.87. The monoisotopic (exact) mass is 497 g/mol. The second-order valence-electron chi connectivity index (χ2n) is 8.63. The van der Waals surface area contributed by atoms with Gasteiger partial charge in [-0.2, -0.15) is 0 Å². The smallest absolute Gasteiger partial charge is 0.259 e. The van der Waals surface area contributed by atoms with Gasteiger partial charge in [0.05, 0.1) is 22.3 Å². The number of phenols is 2. The molecular weight excluding hydrogens is 478 g/mol. The van der Waals surface area contributed by atoms with Crippen LogP contribution in [0.1, 0.15) is 20.7 Å². The molecule has 0 spiro atoms. The van der Waals surface area contributed by atoms with Crippen molar-refractivity contribution in [2.45, 2.75) is 6.54 Å². The van der Waals surface area contributed by atoms with E-state index in [1.807, 2.05) is 28.8 Å². The Hall–Kier alpha value is -4.49. The number of imide groups is 1. The summed E-state index contributed by atoms with van der Waals surface area (Å²) in [7, 11) is 0. The molecule has 8 heteroatoms. The van der Waals surface area contributed by atoms with Gasteiger partial charge in [-0.1, -0.05) is 41.9 Å². The van der Waals surface area contributed by atoms with Crippen LogP contribution in [-0.2, 0) is 6.54 Å². The van der Waals surface area contributed by atoms with Gasteiger partial charge in [0.2, 0.25) is 0 Å². The van der Waals surface area contributed by atoms with E-state index in [2.05, 4.69) is 10.6 Å². The molecule has 1 aliphatic rings. The zero-order valence-electron chi connectivity index (χ0n) is 18.9. The number of amides is 2. The van der Waals surface area contributed by atoms with Gasteiger partial charge < -0.3 is 20.1 Å². The normalized spacial score (nSPS) is 12.8. The molecule has 0 fully saturated rings.